The predicted molar refractivity (Wildman–Crippen MR) is 118 cm³/mol. The summed E-state index contributed by atoms with van der Waals surface area (Å²) in [5, 5.41) is 3.09. The van der Waals surface area contributed by atoms with E-state index in [1.165, 1.54) is 11.1 Å². The van der Waals surface area contributed by atoms with Gasteiger partial charge in [0.15, 0.2) is 0 Å². The minimum Gasteiger partial charge on any atom is -0.345 e. The Labute approximate surface area is 173 Å². The molecule has 150 valence electrons. The maximum atomic E-state index is 13.0. The highest BCUT2D eigenvalue weighted by Crippen LogP contribution is 2.29. The van der Waals surface area contributed by atoms with E-state index in [1.54, 1.807) is 0 Å². The van der Waals surface area contributed by atoms with Gasteiger partial charge in [0, 0.05) is 30.2 Å². The van der Waals surface area contributed by atoms with E-state index < -0.39 is 0 Å². The summed E-state index contributed by atoms with van der Waals surface area (Å²) in [6.45, 7) is 5.79. The minimum absolute atomic E-state index is 0.0164. The van der Waals surface area contributed by atoms with Gasteiger partial charge in [-0.05, 0) is 54.2 Å². The second-order valence-corrected chi connectivity index (χ2v) is 8.18. The third-order valence-electron chi connectivity index (χ3n) is 5.53. The summed E-state index contributed by atoms with van der Waals surface area (Å²) in [6.07, 6.45) is 4.26. The zero-order valence-electron chi connectivity index (χ0n) is 17.2. The summed E-state index contributed by atoms with van der Waals surface area (Å²) in [5.41, 5.74) is 4.55. The molecule has 0 spiro atoms. The molecule has 1 aromatic heterocycles. The van der Waals surface area contributed by atoms with E-state index in [2.05, 4.69) is 78.5 Å². The molecule has 4 heteroatoms. The monoisotopic (exact) mass is 387 g/mol. The first-order chi connectivity index (χ1) is 14.1. The molecule has 1 aliphatic rings. The van der Waals surface area contributed by atoms with Crippen molar-refractivity contribution in [2.75, 3.05) is 5.32 Å². The van der Waals surface area contributed by atoms with Crippen LogP contribution in [-0.4, -0.2) is 21.5 Å². The summed E-state index contributed by atoms with van der Waals surface area (Å²) in [5.74, 6) is 0.486. The van der Waals surface area contributed by atoms with E-state index in [9.17, 15) is 4.79 Å². The zero-order chi connectivity index (χ0) is 20.2. The SMILES string of the molecule is CC(C)c1ccc(NC(=O)N(Cc2cccn2Cc2ccccc2)C2CC2)cc1. The molecule has 2 aromatic carbocycles. The molecule has 4 nitrogen and oxygen atoms in total. The van der Waals surface area contributed by atoms with Gasteiger partial charge in [-0.25, -0.2) is 4.79 Å². The summed E-state index contributed by atoms with van der Waals surface area (Å²) >= 11 is 0. The van der Waals surface area contributed by atoms with Crippen molar-refractivity contribution in [3.8, 4) is 0 Å². The first kappa shape index (κ1) is 19.3. The second-order valence-electron chi connectivity index (χ2n) is 8.18. The number of benzene rings is 2. The predicted octanol–water partition coefficient (Wildman–Crippen LogP) is 5.86. The fraction of sp³-hybridized carbons (Fsp3) is 0.320. The first-order valence-electron chi connectivity index (χ1n) is 10.5. The van der Waals surface area contributed by atoms with Crippen LogP contribution in [0, 0.1) is 0 Å². The first-order valence-corrected chi connectivity index (χ1v) is 10.5. The van der Waals surface area contributed by atoms with Crippen molar-refractivity contribution in [1.29, 1.82) is 0 Å². The molecule has 0 radical (unpaired) electrons. The lowest BCUT2D eigenvalue weighted by Gasteiger charge is -2.24. The molecule has 1 aliphatic carbocycles. The Balaban J connectivity index is 1.45. The van der Waals surface area contributed by atoms with Crippen LogP contribution in [0.2, 0.25) is 0 Å². The van der Waals surface area contributed by atoms with Gasteiger partial charge in [0.05, 0.1) is 6.54 Å². The van der Waals surface area contributed by atoms with Gasteiger partial charge >= 0.3 is 6.03 Å². The number of rotatable bonds is 7. The highest BCUT2D eigenvalue weighted by molar-refractivity contribution is 5.89. The fourth-order valence-electron chi connectivity index (χ4n) is 3.60. The van der Waals surface area contributed by atoms with Crippen molar-refractivity contribution in [2.24, 2.45) is 0 Å². The summed E-state index contributed by atoms with van der Waals surface area (Å²) in [7, 11) is 0. The fourth-order valence-corrected chi connectivity index (χ4v) is 3.60. The van der Waals surface area contributed by atoms with Gasteiger partial charge < -0.3 is 14.8 Å². The Bertz CT molecular complexity index is 940. The summed E-state index contributed by atoms with van der Waals surface area (Å²) in [6, 6.07) is 23.1. The molecule has 4 rings (SSSR count). The molecule has 29 heavy (non-hydrogen) atoms. The van der Waals surface area contributed by atoms with Gasteiger partial charge in [-0.1, -0.05) is 56.3 Å². The zero-order valence-corrected chi connectivity index (χ0v) is 17.2. The number of hydrogen-bond acceptors (Lipinski definition) is 1. The summed E-state index contributed by atoms with van der Waals surface area (Å²) < 4.78 is 2.23. The van der Waals surface area contributed by atoms with Gasteiger partial charge in [-0.3, -0.25) is 0 Å². The number of carbonyl (C=O) groups is 1. The van der Waals surface area contributed by atoms with E-state index in [4.69, 9.17) is 0 Å². The Morgan fingerprint density at radius 3 is 2.41 bits per heavy atom. The number of carbonyl (C=O) groups excluding carboxylic acids is 1. The Hall–Kier alpha value is -3.01. The molecule has 1 saturated carbocycles. The van der Waals surface area contributed by atoms with E-state index >= 15 is 0 Å². The summed E-state index contributed by atoms with van der Waals surface area (Å²) in [4.78, 5) is 15.0. The van der Waals surface area contributed by atoms with Crippen LogP contribution in [0.5, 0.6) is 0 Å². The Morgan fingerprint density at radius 2 is 1.76 bits per heavy atom. The van der Waals surface area contributed by atoms with Gasteiger partial charge in [0.25, 0.3) is 0 Å². The van der Waals surface area contributed by atoms with Crippen LogP contribution in [0.15, 0.2) is 72.9 Å². The van der Waals surface area contributed by atoms with Gasteiger partial charge in [-0.15, -0.1) is 0 Å². The molecule has 0 bridgehead atoms. The number of amides is 2. The third-order valence-corrected chi connectivity index (χ3v) is 5.53. The second kappa shape index (κ2) is 8.56. The molecule has 0 atom stereocenters. The number of nitrogens with zero attached hydrogens (tertiary/aromatic N) is 2. The normalized spacial score (nSPS) is 13.5. The highest BCUT2D eigenvalue weighted by atomic mass is 16.2. The lowest BCUT2D eigenvalue weighted by atomic mass is 10.0. The van der Waals surface area contributed by atoms with Crippen LogP contribution in [0.4, 0.5) is 10.5 Å². The maximum Gasteiger partial charge on any atom is 0.322 e. The number of hydrogen-bond donors (Lipinski definition) is 1. The molecule has 0 unspecified atom stereocenters. The molecular formula is C25H29N3O. The minimum atomic E-state index is -0.0164. The number of urea groups is 1. The average molecular weight is 388 g/mol. The van der Waals surface area contributed by atoms with Crippen molar-refractivity contribution in [1.82, 2.24) is 9.47 Å². The van der Waals surface area contributed by atoms with E-state index in [0.717, 1.165) is 30.8 Å². The van der Waals surface area contributed by atoms with Crippen molar-refractivity contribution >= 4 is 11.7 Å². The topological polar surface area (TPSA) is 37.3 Å². The highest BCUT2D eigenvalue weighted by Gasteiger charge is 2.33. The van der Waals surface area contributed by atoms with Crippen LogP contribution >= 0.6 is 0 Å². The van der Waals surface area contributed by atoms with Crippen molar-refractivity contribution in [3.05, 3.63) is 89.7 Å². The van der Waals surface area contributed by atoms with E-state index in [1.807, 2.05) is 23.1 Å². The van der Waals surface area contributed by atoms with E-state index in [0.29, 0.717) is 18.5 Å². The smallest absolute Gasteiger partial charge is 0.322 e. The van der Waals surface area contributed by atoms with Crippen LogP contribution in [0.25, 0.3) is 0 Å². The lowest BCUT2D eigenvalue weighted by molar-refractivity contribution is 0.204. The Kier molecular flexibility index (Phi) is 5.70. The van der Waals surface area contributed by atoms with Crippen molar-refractivity contribution in [2.45, 2.75) is 51.7 Å². The molecule has 0 aliphatic heterocycles. The number of anilines is 1. The molecule has 1 fully saturated rings. The van der Waals surface area contributed by atoms with Crippen molar-refractivity contribution in [3.63, 3.8) is 0 Å². The number of nitrogens with one attached hydrogen (secondary N) is 1. The molecule has 0 saturated heterocycles. The number of aromatic nitrogens is 1. The van der Waals surface area contributed by atoms with Crippen LogP contribution in [-0.2, 0) is 13.1 Å². The van der Waals surface area contributed by atoms with Gasteiger partial charge in [0.2, 0.25) is 0 Å². The quantitative estimate of drug-likeness (QED) is 0.542. The average Bonchev–Trinajstić information content (AvgIpc) is 3.47. The van der Waals surface area contributed by atoms with Gasteiger partial charge in [0.1, 0.15) is 0 Å². The standard InChI is InChI=1S/C25H29N3O/c1-19(2)21-10-12-22(13-11-21)26-25(29)28(23-14-15-23)18-24-9-6-16-27(24)17-20-7-4-3-5-8-20/h3-13,16,19,23H,14-15,17-18H2,1-2H3,(H,26,29). The molecule has 2 amide bonds. The lowest BCUT2D eigenvalue weighted by Crippen LogP contribution is -2.36. The van der Waals surface area contributed by atoms with Crippen LogP contribution in [0.1, 0.15) is 49.4 Å². The van der Waals surface area contributed by atoms with Crippen LogP contribution in [0.3, 0.4) is 0 Å². The van der Waals surface area contributed by atoms with Gasteiger partial charge in [-0.2, -0.15) is 0 Å². The van der Waals surface area contributed by atoms with E-state index in [-0.39, 0.29) is 6.03 Å². The molecule has 1 N–H and O–H groups in total. The van der Waals surface area contributed by atoms with Crippen molar-refractivity contribution < 1.29 is 4.79 Å². The van der Waals surface area contributed by atoms with Crippen LogP contribution < -0.4 is 5.32 Å². The molecular weight excluding hydrogens is 358 g/mol. The maximum absolute atomic E-state index is 13.0. The largest absolute Gasteiger partial charge is 0.345 e. The molecule has 3 aromatic rings. The molecule has 1 heterocycles. The third kappa shape index (κ3) is 4.89. The Morgan fingerprint density at radius 1 is 1.03 bits per heavy atom.